The van der Waals surface area contributed by atoms with E-state index in [9.17, 15) is 4.79 Å². The predicted octanol–water partition coefficient (Wildman–Crippen LogP) is 1.90. The summed E-state index contributed by atoms with van der Waals surface area (Å²) in [4.78, 5) is 21.1. The molecule has 6 nitrogen and oxygen atoms in total. The van der Waals surface area contributed by atoms with Crippen molar-refractivity contribution in [2.24, 2.45) is 0 Å². The average molecular weight is 321 g/mol. The second-order valence-electron chi connectivity index (χ2n) is 6.02. The molecule has 0 radical (unpaired) electrons. The number of hydrogen-bond acceptors (Lipinski definition) is 4. The van der Waals surface area contributed by atoms with Crippen LogP contribution in [0.3, 0.4) is 0 Å². The van der Waals surface area contributed by atoms with Crippen LogP contribution in [0.4, 0.5) is 0 Å². The van der Waals surface area contributed by atoms with Crippen molar-refractivity contribution < 1.29 is 4.79 Å². The van der Waals surface area contributed by atoms with Crippen molar-refractivity contribution in [3.05, 3.63) is 54.5 Å². The number of nitrogens with zero attached hydrogens (tertiary/aromatic N) is 3. The molecule has 0 unspecified atom stereocenters. The van der Waals surface area contributed by atoms with Crippen molar-refractivity contribution in [1.29, 1.82) is 0 Å². The van der Waals surface area contributed by atoms with Gasteiger partial charge >= 0.3 is 0 Å². The molecule has 0 spiro atoms. The number of fused-ring (bicyclic) bond motifs is 1. The van der Waals surface area contributed by atoms with E-state index in [-0.39, 0.29) is 5.91 Å². The SMILES string of the molecule is O=C(NC[C@@H]1CCCN1)c1cnc2c(c1)ncn2-c1ccccc1. The lowest BCUT2D eigenvalue weighted by Crippen LogP contribution is -2.37. The molecule has 122 valence electrons. The molecule has 3 aromatic rings. The molecule has 1 aliphatic rings. The first-order valence-electron chi connectivity index (χ1n) is 8.21. The Morgan fingerprint density at radius 3 is 2.96 bits per heavy atom. The molecule has 24 heavy (non-hydrogen) atoms. The van der Waals surface area contributed by atoms with E-state index in [1.54, 1.807) is 18.6 Å². The van der Waals surface area contributed by atoms with Gasteiger partial charge in [0.25, 0.3) is 5.91 Å². The van der Waals surface area contributed by atoms with Crippen LogP contribution in [-0.2, 0) is 0 Å². The lowest BCUT2D eigenvalue weighted by Gasteiger charge is -2.11. The second-order valence-corrected chi connectivity index (χ2v) is 6.02. The summed E-state index contributed by atoms with van der Waals surface area (Å²) in [7, 11) is 0. The molecule has 1 atom stereocenters. The first-order chi connectivity index (χ1) is 11.8. The molecule has 0 aliphatic carbocycles. The molecule has 3 heterocycles. The number of pyridine rings is 1. The molecule has 0 bridgehead atoms. The maximum atomic E-state index is 12.3. The first kappa shape index (κ1) is 14.8. The number of carbonyl (C=O) groups excluding carboxylic acids is 1. The first-order valence-corrected chi connectivity index (χ1v) is 8.21. The Morgan fingerprint density at radius 1 is 1.29 bits per heavy atom. The smallest absolute Gasteiger partial charge is 0.252 e. The van der Waals surface area contributed by atoms with E-state index in [0.717, 1.165) is 24.3 Å². The highest BCUT2D eigenvalue weighted by atomic mass is 16.1. The third-order valence-electron chi connectivity index (χ3n) is 4.36. The summed E-state index contributed by atoms with van der Waals surface area (Å²) in [5.74, 6) is -0.104. The summed E-state index contributed by atoms with van der Waals surface area (Å²) in [6.45, 7) is 1.68. The highest BCUT2D eigenvalue weighted by molar-refractivity contribution is 5.96. The zero-order chi connectivity index (χ0) is 16.4. The van der Waals surface area contributed by atoms with Gasteiger partial charge < -0.3 is 10.6 Å². The van der Waals surface area contributed by atoms with Gasteiger partial charge in [0.1, 0.15) is 11.8 Å². The highest BCUT2D eigenvalue weighted by Crippen LogP contribution is 2.17. The van der Waals surface area contributed by atoms with Gasteiger partial charge in [-0.1, -0.05) is 18.2 Å². The molecule has 1 fully saturated rings. The van der Waals surface area contributed by atoms with Gasteiger partial charge in [-0.15, -0.1) is 0 Å². The average Bonchev–Trinajstić information content (AvgIpc) is 3.29. The van der Waals surface area contributed by atoms with Crippen LogP contribution in [0.1, 0.15) is 23.2 Å². The molecule has 0 saturated carbocycles. The van der Waals surface area contributed by atoms with Crippen LogP contribution < -0.4 is 10.6 Å². The lowest BCUT2D eigenvalue weighted by molar-refractivity contribution is 0.0950. The topological polar surface area (TPSA) is 71.8 Å². The van der Waals surface area contributed by atoms with Crippen molar-refractivity contribution in [1.82, 2.24) is 25.2 Å². The Morgan fingerprint density at radius 2 is 2.17 bits per heavy atom. The Kier molecular flexibility index (Phi) is 3.96. The van der Waals surface area contributed by atoms with Crippen molar-refractivity contribution in [2.75, 3.05) is 13.1 Å². The highest BCUT2D eigenvalue weighted by Gasteiger charge is 2.16. The normalized spacial score (nSPS) is 17.2. The Labute approximate surface area is 139 Å². The minimum atomic E-state index is -0.104. The van der Waals surface area contributed by atoms with E-state index in [1.807, 2.05) is 34.9 Å². The Balaban J connectivity index is 1.54. The van der Waals surface area contributed by atoms with Gasteiger partial charge in [0.05, 0.1) is 5.56 Å². The number of aromatic nitrogens is 3. The maximum Gasteiger partial charge on any atom is 0.252 e. The number of rotatable bonds is 4. The summed E-state index contributed by atoms with van der Waals surface area (Å²) in [5, 5.41) is 6.34. The van der Waals surface area contributed by atoms with Crippen molar-refractivity contribution in [3.63, 3.8) is 0 Å². The number of carbonyl (C=O) groups is 1. The molecule has 1 saturated heterocycles. The summed E-state index contributed by atoms with van der Waals surface area (Å²) in [6, 6.07) is 12.1. The van der Waals surface area contributed by atoms with E-state index in [2.05, 4.69) is 20.6 Å². The molecule has 1 aliphatic heterocycles. The quantitative estimate of drug-likeness (QED) is 0.770. The minimum Gasteiger partial charge on any atom is -0.350 e. The van der Waals surface area contributed by atoms with Crippen LogP contribution >= 0.6 is 0 Å². The van der Waals surface area contributed by atoms with Gasteiger partial charge in [0.15, 0.2) is 5.65 Å². The lowest BCUT2D eigenvalue weighted by atomic mass is 10.2. The number of amides is 1. The molecule has 2 N–H and O–H groups in total. The summed E-state index contributed by atoms with van der Waals surface area (Å²) in [6.07, 6.45) is 5.63. The fourth-order valence-corrected chi connectivity index (χ4v) is 3.05. The van der Waals surface area contributed by atoms with Crippen LogP contribution in [0.5, 0.6) is 0 Å². The molecule has 6 heteroatoms. The Hall–Kier alpha value is -2.73. The van der Waals surface area contributed by atoms with Crippen LogP contribution in [-0.4, -0.2) is 39.6 Å². The largest absolute Gasteiger partial charge is 0.350 e. The number of para-hydroxylation sites is 1. The predicted molar refractivity (Wildman–Crippen MR) is 92.2 cm³/mol. The van der Waals surface area contributed by atoms with Crippen LogP contribution in [0.15, 0.2) is 48.9 Å². The van der Waals surface area contributed by atoms with Gasteiger partial charge in [-0.3, -0.25) is 9.36 Å². The number of nitrogens with one attached hydrogen (secondary N) is 2. The van der Waals surface area contributed by atoms with Crippen molar-refractivity contribution in [2.45, 2.75) is 18.9 Å². The maximum absolute atomic E-state index is 12.3. The fourth-order valence-electron chi connectivity index (χ4n) is 3.05. The fraction of sp³-hybridized carbons (Fsp3) is 0.278. The Bertz CT molecular complexity index is 852. The standard InChI is InChI=1S/C18H19N5O/c24-18(21-11-14-5-4-8-19-14)13-9-16-17(20-10-13)23(12-22-16)15-6-2-1-3-7-15/h1-3,6-7,9-10,12,14,19H,4-5,8,11H2,(H,21,24)/t14-/m0/s1. The van der Waals surface area contributed by atoms with E-state index >= 15 is 0 Å². The zero-order valence-electron chi connectivity index (χ0n) is 13.3. The number of hydrogen-bond donors (Lipinski definition) is 2. The van der Waals surface area contributed by atoms with Crippen LogP contribution in [0.2, 0.25) is 0 Å². The van der Waals surface area contributed by atoms with Crippen LogP contribution in [0, 0.1) is 0 Å². The monoisotopic (exact) mass is 321 g/mol. The minimum absolute atomic E-state index is 0.104. The van der Waals surface area contributed by atoms with E-state index in [4.69, 9.17) is 0 Å². The van der Waals surface area contributed by atoms with Gasteiger partial charge in [0.2, 0.25) is 0 Å². The molecular weight excluding hydrogens is 302 g/mol. The van der Waals surface area contributed by atoms with E-state index in [1.165, 1.54) is 6.42 Å². The molecule has 1 aromatic carbocycles. The van der Waals surface area contributed by atoms with E-state index in [0.29, 0.717) is 23.7 Å². The van der Waals surface area contributed by atoms with Gasteiger partial charge in [-0.25, -0.2) is 9.97 Å². The number of imidazole rings is 1. The van der Waals surface area contributed by atoms with Gasteiger partial charge in [0, 0.05) is 24.5 Å². The van der Waals surface area contributed by atoms with Crippen LogP contribution in [0.25, 0.3) is 16.9 Å². The van der Waals surface area contributed by atoms with Gasteiger partial charge in [-0.05, 0) is 37.6 Å². The molecule has 4 rings (SSSR count). The molecule has 1 amide bonds. The summed E-state index contributed by atoms with van der Waals surface area (Å²) >= 11 is 0. The third kappa shape index (κ3) is 2.88. The van der Waals surface area contributed by atoms with E-state index < -0.39 is 0 Å². The third-order valence-corrected chi connectivity index (χ3v) is 4.36. The zero-order valence-corrected chi connectivity index (χ0v) is 13.3. The van der Waals surface area contributed by atoms with Crippen molar-refractivity contribution >= 4 is 17.1 Å². The number of benzene rings is 1. The molecule has 2 aromatic heterocycles. The second kappa shape index (κ2) is 6.41. The van der Waals surface area contributed by atoms with Gasteiger partial charge in [-0.2, -0.15) is 0 Å². The summed E-state index contributed by atoms with van der Waals surface area (Å²) < 4.78 is 1.92. The summed E-state index contributed by atoms with van der Waals surface area (Å²) in [5.41, 5.74) is 3.00. The van der Waals surface area contributed by atoms with Crippen molar-refractivity contribution in [3.8, 4) is 5.69 Å². The molecular formula is C18H19N5O.